The predicted molar refractivity (Wildman–Crippen MR) is 103 cm³/mol. The molecule has 1 aromatic carbocycles. The van der Waals surface area contributed by atoms with Gasteiger partial charge in [-0.2, -0.15) is 0 Å². The molecule has 28 heavy (non-hydrogen) atoms. The summed E-state index contributed by atoms with van der Waals surface area (Å²) in [5.74, 6) is 0.922. The number of carbonyl (C=O) groups excluding carboxylic acids is 1. The van der Waals surface area contributed by atoms with Crippen LogP contribution < -0.4 is 9.64 Å². The number of hydrogen-bond donors (Lipinski definition) is 0. The van der Waals surface area contributed by atoms with Crippen molar-refractivity contribution < 1.29 is 14.5 Å². The highest BCUT2D eigenvalue weighted by molar-refractivity contribution is 5.80. The van der Waals surface area contributed by atoms with E-state index in [1.165, 1.54) is 6.07 Å². The molecule has 0 bridgehead atoms. The van der Waals surface area contributed by atoms with Crippen LogP contribution in [-0.4, -0.2) is 59.0 Å². The largest absolute Gasteiger partial charge is 0.470 e. The average molecular weight is 385 g/mol. The Kier molecular flexibility index (Phi) is 6.03. The summed E-state index contributed by atoms with van der Waals surface area (Å²) in [6, 6.07) is 6.34. The van der Waals surface area contributed by atoms with Crippen LogP contribution in [0.25, 0.3) is 0 Å². The Morgan fingerprint density at radius 2 is 2.07 bits per heavy atom. The molecule has 1 fully saturated rings. The van der Waals surface area contributed by atoms with E-state index in [0.717, 1.165) is 12.8 Å². The molecule has 9 heteroatoms. The number of rotatable bonds is 6. The van der Waals surface area contributed by atoms with Crippen LogP contribution in [0.2, 0.25) is 0 Å². The maximum Gasteiger partial charge on any atom is 0.273 e. The van der Waals surface area contributed by atoms with Crippen LogP contribution in [0.15, 0.2) is 36.7 Å². The van der Waals surface area contributed by atoms with Crippen molar-refractivity contribution in [3.8, 4) is 5.88 Å². The number of hydrogen-bond acceptors (Lipinski definition) is 7. The fourth-order valence-corrected chi connectivity index (χ4v) is 3.24. The number of aromatic nitrogens is 2. The van der Waals surface area contributed by atoms with Crippen molar-refractivity contribution in [1.82, 2.24) is 14.9 Å². The molecule has 0 radical (unpaired) electrons. The molecule has 0 spiro atoms. The van der Waals surface area contributed by atoms with Gasteiger partial charge in [-0.3, -0.25) is 14.9 Å². The minimum Gasteiger partial charge on any atom is -0.470 e. The SMILES string of the molecule is CN(C)c1nccnc1OC1CCCN(C(=O)Cc2ccccc2[N+](=O)[O-])C1. The molecule has 0 aliphatic carbocycles. The topological polar surface area (TPSA) is 102 Å². The highest BCUT2D eigenvalue weighted by Gasteiger charge is 2.27. The third-order valence-electron chi connectivity index (χ3n) is 4.61. The van der Waals surface area contributed by atoms with Gasteiger partial charge in [0.25, 0.3) is 11.6 Å². The first kappa shape index (κ1) is 19.5. The van der Waals surface area contributed by atoms with Gasteiger partial charge in [0.15, 0.2) is 5.82 Å². The summed E-state index contributed by atoms with van der Waals surface area (Å²) in [7, 11) is 3.72. The van der Waals surface area contributed by atoms with E-state index in [2.05, 4.69) is 9.97 Å². The van der Waals surface area contributed by atoms with Crippen molar-refractivity contribution >= 4 is 17.4 Å². The second-order valence-corrected chi connectivity index (χ2v) is 6.86. The summed E-state index contributed by atoms with van der Waals surface area (Å²) < 4.78 is 6.02. The Morgan fingerprint density at radius 1 is 1.32 bits per heavy atom. The summed E-state index contributed by atoms with van der Waals surface area (Å²) in [4.78, 5) is 35.5. The van der Waals surface area contributed by atoms with Crippen molar-refractivity contribution in [3.05, 3.63) is 52.3 Å². The van der Waals surface area contributed by atoms with Crippen LogP contribution in [0.1, 0.15) is 18.4 Å². The Labute approximate surface area is 163 Å². The van der Waals surface area contributed by atoms with E-state index in [0.29, 0.717) is 30.4 Å². The number of para-hydroxylation sites is 1. The van der Waals surface area contributed by atoms with Crippen molar-refractivity contribution in [2.45, 2.75) is 25.4 Å². The molecular weight excluding hydrogens is 362 g/mol. The molecule has 1 amide bonds. The average Bonchev–Trinajstić information content (AvgIpc) is 2.68. The minimum absolute atomic E-state index is 0.00202. The predicted octanol–water partition coefficient (Wildman–Crippen LogP) is 2.06. The normalized spacial score (nSPS) is 16.5. The fourth-order valence-electron chi connectivity index (χ4n) is 3.24. The molecule has 3 rings (SSSR count). The second kappa shape index (κ2) is 8.64. The number of nitro groups is 1. The number of nitrogens with zero attached hydrogens (tertiary/aromatic N) is 5. The lowest BCUT2D eigenvalue weighted by atomic mass is 10.1. The van der Waals surface area contributed by atoms with E-state index in [9.17, 15) is 14.9 Å². The maximum atomic E-state index is 12.7. The zero-order valence-corrected chi connectivity index (χ0v) is 15.9. The number of nitro benzene ring substituents is 1. The first-order valence-corrected chi connectivity index (χ1v) is 9.10. The van der Waals surface area contributed by atoms with Crippen molar-refractivity contribution in [3.63, 3.8) is 0 Å². The summed E-state index contributed by atoms with van der Waals surface area (Å²) >= 11 is 0. The Balaban J connectivity index is 1.67. The molecule has 1 unspecified atom stereocenters. The number of amides is 1. The zero-order chi connectivity index (χ0) is 20.1. The van der Waals surface area contributed by atoms with Gasteiger partial charge in [-0.25, -0.2) is 9.97 Å². The van der Waals surface area contributed by atoms with Crippen LogP contribution in [0, 0.1) is 10.1 Å². The van der Waals surface area contributed by atoms with Crippen molar-refractivity contribution in [1.29, 1.82) is 0 Å². The lowest BCUT2D eigenvalue weighted by Gasteiger charge is -2.33. The molecule has 1 aromatic heterocycles. The van der Waals surface area contributed by atoms with Crippen molar-refractivity contribution in [2.24, 2.45) is 0 Å². The van der Waals surface area contributed by atoms with E-state index < -0.39 is 4.92 Å². The number of ether oxygens (including phenoxy) is 1. The lowest BCUT2D eigenvalue weighted by Crippen LogP contribution is -2.45. The van der Waals surface area contributed by atoms with Gasteiger partial charge >= 0.3 is 0 Å². The van der Waals surface area contributed by atoms with Crippen LogP contribution in [0.3, 0.4) is 0 Å². The first-order valence-electron chi connectivity index (χ1n) is 9.10. The van der Waals surface area contributed by atoms with Crippen LogP contribution in [-0.2, 0) is 11.2 Å². The van der Waals surface area contributed by atoms with Crippen LogP contribution in [0.4, 0.5) is 11.5 Å². The number of likely N-dealkylation sites (tertiary alicyclic amines) is 1. The summed E-state index contributed by atoms with van der Waals surface area (Å²) in [6.45, 7) is 1.03. The van der Waals surface area contributed by atoms with E-state index in [1.807, 2.05) is 19.0 Å². The molecule has 1 aliphatic rings. The van der Waals surface area contributed by atoms with Gasteiger partial charge in [0.2, 0.25) is 5.91 Å². The van der Waals surface area contributed by atoms with Gasteiger partial charge in [0.05, 0.1) is 17.9 Å². The highest BCUT2D eigenvalue weighted by atomic mass is 16.6. The van der Waals surface area contributed by atoms with E-state index in [1.54, 1.807) is 35.5 Å². The van der Waals surface area contributed by atoms with Crippen molar-refractivity contribution in [2.75, 3.05) is 32.1 Å². The zero-order valence-electron chi connectivity index (χ0n) is 15.9. The van der Waals surface area contributed by atoms with Crippen LogP contribution in [0.5, 0.6) is 5.88 Å². The van der Waals surface area contributed by atoms with Gasteiger partial charge < -0.3 is 14.5 Å². The molecule has 9 nitrogen and oxygen atoms in total. The Morgan fingerprint density at radius 3 is 2.82 bits per heavy atom. The molecule has 0 saturated carbocycles. The first-order chi connectivity index (χ1) is 13.5. The summed E-state index contributed by atoms with van der Waals surface area (Å²) in [5.41, 5.74) is 0.389. The molecule has 2 aromatic rings. The molecule has 1 aliphatic heterocycles. The Hall–Kier alpha value is -3.23. The molecular formula is C19H23N5O4. The highest BCUT2D eigenvalue weighted by Crippen LogP contribution is 2.25. The van der Waals surface area contributed by atoms with Gasteiger partial charge in [0.1, 0.15) is 6.10 Å². The van der Waals surface area contributed by atoms with E-state index in [-0.39, 0.29) is 24.1 Å². The Bertz CT molecular complexity index is 858. The van der Waals surface area contributed by atoms with Gasteiger partial charge in [-0.15, -0.1) is 0 Å². The van der Waals surface area contributed by atoms with Gasteiger partial charge in [-0.05, 0) is 12.8 Å². The standard InChI is InChI=1S/C19H23N5O4/c1-22(2)18-19(21-10-9-20-18)28-15-7-5-11-23(13-15)17(25)12-14-6-3-4-8-16(14)24(26)27/h3-4,6,8-10,15H,5,7,11-13H2,1-2H3. The molecule has 1 atom stereocenters. The molecule has 148 valence electrons. The lowest BCUT2D eigenvalue weighted by molar-refractivity contribution is -0.385. The minimum atomic E-state index is -0.457. The number of anilines is 1. The number of benzene rings is 1. The third-order valence-corrected chi connectivity index (χ3v) is 4.61. The maximum absolute atomic E-state index is 12.7. The smallest absolute Gasteiger partial charge is 0.273 e. The third kappa shape index (κ3) is 4.54. The van der Waals surface area contributed by atoms with Gasteiger partial charge in [-0.1, -0.05) is 18.2 Å². The van der Waals surface area contributed by atoms with Crippen LogP contribution >= 0.6 is 0 Å². The summed E-state index contributed by atoms with van der Waals surface area (Å²) in [6.07, 6.45) is 4.58. The molecule has 2 heterocycles. The van der Waals surface area contributed by atoms with Gasteiger partial charge in [0, 0.05) is 44.7 Å². The van der Waals surface area contributed by atoms with E-state index in [4.69, 9.17) is 4.74 Å². The number of piperidine rings is 1. The fraction of sp³-hybridized carbons (Fsp3) is 0.421. The molecule has 1 saturated heterocycles. The molecule has 0 N–H and O–H groups in total. The summed E-state index contributed by atoms with van der Waals surface area (Å²) in [5, 5.41) is 11.2. The second-order valence-electron chi connectivity index (χ2n) is 6.86. The van der Waals surface area contributed by atoms with E-state index >= 15 is 0 Å². The number of carbonyl (C=O) groups is 1. The quantitative estimate of drug-likeness (QED) is 0.554. The monoisotopic (exact) mass is 385 g/mol.